The normalized spacial score (nSPS) is 20.0. The number of carbonyl (C=O) groups is 1. The lowest BCUT2D eigenvalue weighted by Crippen LogP contribution is -2.52. The zero-order chi connectivity index (χ0) is 15.2. The molecule has 2 unspecified atom stereocenters. The molecule has 1 aliphatic heterocycles. The smallest absolute Gasteiger partial charge is 0.237 e. The number of amides is 1. The predicted octanol–water partition coefficient (Wildman–Crippen LogP) is 2.11. The number of aryl methyl sites for hydroxylation is 1. The molecule has 22 heavy (non-hydrogen) atoms. The van der Waals surface area contributed by atoms with Crippen LogP contribution in [-0.4, -0.2) is 43.0 Å². The van der Waals surface area contributed by atoms with E-state index >= 15 is 0 Å². The Balaban J connectivity index is 0.00000242. The maximum Gasteiger partial charge on any atom is 0.237 e. The lowest BCUT2D eigenvalue weighted by atomic mass is 10.0. The fourth-order valence-corrected chi connectivity index (χ4v) is 2.90. The van der Waals surface area contributed by atoms with Crippen LogP contribution >= 0.6 is 12.4 Å². The van der Waals surface area contributed by atoms with Crippen LogP contribution in [0.15, 0.2) is 24.3 Å². The summed E-state index contributed by atoms with van der Waals surface area (Å²) in [6.45, 7) is 6.66. The Labute approximate surface area is 140 Å². The number of nitrogens with one attached hydrogen (secondary N) is 2. The van der Waals surface area contributed by atoms with E-state index in [9.17, 15) is 4.79 Å². The zero-order valence-electron chi connectivity index (χ0n) is 13.8. The Morgan fingerprint density at radius 3 is 2.82 bits per heavy atom. The standard InChI is InChI=1S/C17H27N3O.ClH/c1-13-7-4-5-8-15(13)11-19-17(21)14(2)20-10-6-9-16(12-20)18-3;/h4-5,7-8,14,16,18H,6,9-12H2,1-3H3,(H,19,21);1H. The summed E-state index contributed by atoms with van der Waals surface area (Å²) in [7, 11) is 2.00. The summed E-state index contributed by atoms with van der Waals surface area (Å²) in [5, 5.41) is 6.39. The Bertz CT molecular complexity index is 481. The predicted molar refractivity (Wildman–Crippen MR) is 93.4 cm³/mol. The number of carbonyl (C=O) groups excluding carboxylic acids is 1. The third-order valence-electron chi connectivity index (χ3n) is 4.50. The number of piperidine rings is 1. The lowest BCUT2D eigenvalue weighted by Gasteiger charge is -2.36. The van der Waals surface area contributed by atoms with Crippen LogP contribution in [0.3, 0.4) is 0 Å². The van der Waals surface area contributed by atoms with Gasteiger partial charge in [-0.2, -0.15) is 0 Å². The van der Waals surface area contributed by atoms with Gasteiger partial charge in [-0.25, -0.2) is 0 Å². The van der Waals surface area contributed by atoms with Crippen molar-refractivity contribution in [1.29, 1.82) is 0 Å². The first-order valence-electron chi connectivity index (χ1n) is 7.85. The second kappa shape index (κ2) is 9.13. The molecule has 1 aromatic carbocycles. The summed E-state index contributed by atoms with van der Waals surface area (Å²) >= 11 is 0. The van der Waals surface area contributed by atoms with Crippen molar-refractivity contribution < 1.29 is 4.79 Å². The number of halogens is 1. The van der Waals surface area contributed by atoms with Crippen LogP contribution in [0.1, 0.15) is 30.9 Å². The average Bonchev–Trinajstić information content (AvgIpc) is 2.53. The first-order valence-corrected chi connectivity index (χ1v) is 7.85. The molecule has 1 saturated heterocycles. The van der Waals surface area contributed by atoms with Gasteiger partial charge in [0.05, 0.1) is 6.04 Å². The van der Waals surface area contributed by atoms with E-state index in [4.69, 9.17) is 0 Å². The third-order valence-corrected chi connectivity index (χ3v) is 4.50. The number of nitrogens with zero attached hydrogens (tertiary/aromatic N) is 1. The monoisotopic (exact) mass is 325 g/mol. The van der Waals surface area contributed by atoms with Crippen molar-refractivity contribution in [3.63, 3.8) is 0 Å². The van der Waals surface area contributed by atoms with Gasteiger partial charge in [0.25, 0.3) is 0 Å². The lowest BCUT2D eigenvalue weighted by molar-refractivity contribution is -0.126. The van der Waals surface area contributed by atoms with E-state index in [-0.39, 0.29) is 24.4 Å². The number of hydrogen-bond donors (Lipinski definition) is 2. The Morgan fingerprint density at radius 2 is 2.14 bits per heavy atom. The van der Waals surface area contributed by atoms with E-state index in [0.29, 0.717) is 12.6 Å². The van der Waals surface area contributed by atoms with Gasteiger partial charge >= 0.3 is 0 Å². The maximum atomic E-state index is 12.3. The van der Waals surface area contributed by atoms with Crippen molar-refractivity contribution >= 4 is 18.3 Å². The van der Waals surface area contributed by atoms with E-state index < -0.39 is 0 Å². The summed E-state index contributed by atoms with van der Waals surface area (Å²) in [4.78, 5) is 14.6. The van der Waals surface area contributed by atoms with Crippen LogP contribution in [0.4, 0.5) is 0 Å². The quantitative estimate of drug-likeness (QED) is 0.871. The largest absolute Gasteiger partial charge is 0.351 e. The van der Waals surface area contributed by atoms with Gasteiger partial charge in [0, 0.05) is 19.1 Å². The molecule has 2 N–H and O–H groups in total. The molecule has 0 radical (unpaired) electrons. The minimum absolute atomic E-state index is 0. The van der Waals surface area contributed by atoms with E-state index in [2.05, 4.69) is 34.6 Å². The summed E-state index contributed by atoms with van der Waals surface area (Å²) in [5.74, 6) is 0.120. The average molecular weight is 326 g/mol. The SMILES string of the molecule is CNC1CCCN(C(C)C(=O)NCc2ccccc2C)C1.Cl. The van der Waals surface area contributed by atoms with Crippen molar-refractivity contribution in [2.75, 3.05) is 20.1 Å². The van der Waals surface area contributed by atoms with Crippen LogP contribution in [-0.2, 0) is 11.3 Å². The first kappa shape index (κ1) is 18.9. The highest BCUT2D eigenvalue weighted by Crippen LogP contribution is 2.13. The van der Waals surface area contributed by atoms with Crippen LogP contribution < -0.4 is 10.6 Å². The maximum absolute atomic E-state index is 12.3. The van der Waals surface area contributed by atoms with Gasteiger partial charge in [0.1, 0.15) is 0 Å². The molecule has 4 nitrogen and oxygen atoms in total. The molecule has 5 heteroatoms. The zero-order valence-corrected chi connectivity index (χ0v) is 14.6. The number of likely N-dealkylation sites (tertiary alicyclic amines) is 1. The molecule has 1 aliphatic rings. The van der Waals surface area contributed by atoms with Gasteiger partial charge in [-0.1, -0.05) is 24.3 Å². The minimum Gasteiger partial charge on any atom is -0.351 e. The molecule has 0 aromatic heterocycles. The van der Waals surface area contributed by atoms with E-state index in [1.807, 2.05) is 26.1 Å². The summed E-state index contributed by atoms with van der Waals surface area (Å²) in [5.41, 5.74) is 2.41. The highest BCUT2D eigenvalue weighted by Gasteiger charge is 2.26. The van der Waals surface area contributed by atoms with Gasteiger partial charge in [-0.05, 0) is 51.4 Å². The Morgan fingerprint density at radius 1 is 1.41 bits per heavy atom. The highest BCUT2D eigenvalue weighted by molar-refractivity contribution is 5.85. The minimum atomic E-state index is -0.0647. The molecule has 0 aliphatic carbocycles. The van der Waals surface area contributed by atoms with E-state index in [0.717, 1.165) is 19.5 Å². The number of benzene rings is 1. The molecule has 2 rings (SSSR count). The van der Waals surface area contributed by atoms with Crippen molar-refractivity contribution in [3.05, 3.63) is 35.4 Å². The Hall–Kier alpha value is -1.10. The van der Waals surface area contributed by atoms with Gasteiger partial charge < -0.3 is 10.6 Å². The Kier molecular flexibility index (Phi) is 7.87. The topological polar surface area (TPSA) is 44.4 Å². The summed E-state index contributed by atoms with van der Waals surface area (Å²) in [6, 6.07) is 8.62. The molecule has 1 aromatic rings. The second-order valence-electron chi connectivity index (χ2n) is 5.94. The molecule has 0 spiro atoms. The van der Waals surface area contributed by atoms with Crippen molar-refractivity contribution in [1.82, 2.24) is 15.5 Å². The third kappa shape index (κ3) is 4.97. The number of likely N-dealkylation sites (N-methyl/N-ethyl adjacent to an activating group) is 1. The molecule has 0 bridgehead atoms. The molecular formula is C17H28ClN3O. The van der Waals surface area contributed by atoms with Gasteiger partial charge in [0.2, 0.25) is 5.91 Å². The fraction of sp³-hybridized carbons (Fsp3) is 0.588. The van der Waals surface area contributed by atoms with E-state index in [1.54, 1.807) is 0 Å². The summed E-state index contributed by atoms with van der Waals surface area (Å²) in [6.07, 6.45) is 2.35. The fourth-order valence-electron chi connectivity index (χ4n) is 2.90. The second-order valence-corrected chi connectivity index (χ2v) is 5.94. The van der Waals surface area contributed by atoms with Crippen LogP contribution in [0, 0.1) is 6.92 Å². The molecule has 1 heterocycles. The molecular weight excluding hydrogens is 298 g/mol. The van der Waals surface area contributed by atoms with Crippen LogP contribution in [0.25, 0.3) is 0 Å². The van der Waals surface area contributed by atoms with Crippen LogP contribution in [0.5, 0.6) is 0 Å². The van der Waals surface area contributed by atoms with Crippen LogP contribution in [0.2, 0.25) is 0 Å². The molecule has 0 saturated carbocycles. The summed E-state index contributed by atoms with van der Waals surface area (Å²) < 4.78 is 0. The molecule has 1 fully saturated rings. The number of rotatable bonds is 5. The van der Waals surface area contributed by atoms with Gasteiger partial charge in [0.15, 0.2) is 0 Å². The molecule has 1 amide bonds. The van der Waals surface area contributed by atoms with Gasteiger partial charge in [-0.3, -0.25) is 9.69 Å². The van der Waals surface area contributed by atoms with Crippen molar-refractivity contribution in [2.45, 2.75) is 45.3 Å². The first-order chi connectivity index (χ1) is 10.1. The van der Waals surface area contributed by atoms with Gasteiger partial charge in [-0.15, -0.1) is 12.4 Å². The van der Waals surface area contributed by atoms with E-state index in [1.165, 1.54) is 17.5 Å². The number of hydrogen-bond acceptors (Lipinski definition) is 3. The van der Waals surface area contributed by atoms with Crippen molar-refractivity contribution in [2.24, 2.45) is 0 Å². The highest BCUT2D eigenvalue weighted by atomic mass is 35.5. The van der Waals surface area contributed by atoms with Crippen molar-refractivity contribution in [3.8, 4) is 0 Å². The molecule has 2 atom stereocenters. The molecule has 124 valence electrons.